The first-order valence-corrected chi connectivity index (χ1v) is 6.39. The Morgan fingerprint density at radius 2 is 2.38 bits per heavy atom. The monoisotopic (exact) mass is 203 g/mol. The Kier molecular flexibility index (Phi) is 5.14. The summed E-state index contributed by atoms with van der Waals surface area (Å²) in [6, 6.07) is 0.679. The van der Waals surface area contributed by atoms with Crippen molar-refractivity contribution < 1.29 is 4.74 Å². The zero-order valence-electron chi connectivity index (χ0n) is 8.88. The molecule has 1 N–H and O–H groups in total. The second kappa shape index (κ2) is 5.89. The summed E-state index contributed by atoms with van der Waals surface area (Å²) in [6.45, 7) is 6.47. The van der Waals surface area contributed by atoms with E-state index in [0.29, 0.717) is 12.1 Å². The van der Waals surface area contributed by atoms with E-state index in [2.05, 4.69) is 25.4 Å². The number of thioether (sulfide) groups is 1. The van der Waals surface area contributed by atoms with Crippen LogP contribution in [0.1, 0.15) is 26.7 Å². The second-order valence-electron chi connectivity index (χ2n) is 3.86. The first kappa shape index (κ1) is 11.3. The van der Waals surface area contributed by atoms with Crippen LogP contribution in [0.15, 0.2) is 0 Å². The fraction of sp³-hybridized carbons (Fsp3) is 1.00. The number of hydrogen-bond acceptors (Lipinski definition) is 3. The van der Waals surface area contributed by atoms with E-state index >= 15 is 0 Å². The molecule has 0 radical (unpaired) electrons. The predicted octanol–water partition coefficient (Wildman–Crippen LogP) is 1.90. The number of rotatable bonds is 4. The van der Waals surface area contributed by atoms with Crippen LogP contribution < -0.4 is 5.32 Å². The highest BCUT2D eigenvalue weighted by Gasteiger charge is 2.18. The summed E-state index contributed by atoms with van der Waals surface area (Å²) in [6.07, 6.45) is 4.95. The highest BCUT2D eigenvalue weighted by atomic mass is 32.2. The summed E-state index contributed by atoms with van der Waals surface area (Å²) >= 11 is 1.92. The second-order valence-corrected chi connectivity index (χ2v) is 5.13. The minimum Gasteiger partial charge on any atom is -0.378 e. The maximum absolute atomic E-state index is 5.50. The lowest BCUT2D eigenvalue weighted by molar-refractivity contribution is 0.0135. The third-order valence-corrected chi connectivity index (χ3v) is 3.55. The van der Waals surface area contributed by atoms with Crippen molar-refractivity contribution in [3.8, 4) is 0 Å². The largest absolute Gasteiger partial charge is 0.378 e. The molecule has 1 saturated heterocycles. The van der Waals surface area contributed by atoms with Crippen LogP contribution in [0.3, 0.4) is 0 Å². The number of nitrogens with one attached hydrogen (secondary N) is 1. The molecule has 0 aliphatic carbocycles. The van der Waals surface area contributed by atoms with Gasteiger partial charge in [-0.3, -0.25) is 0 Å². The van der Waals surface area contributed by atoms with Gasteiger partial charge in [0, 0.05) is 24.4 Å². The van der Waals surface area contributed by atoms with Gasteiger partial charge in [0.15, 0.2) is 0 Å². The van der Waals surface area contributed by atoms with Crippen molar-refractivity contribution in [1.82, 2.24) is 5.32 Å². The van der Waals surface area contributed by atoms with Crippen LogP contribution in [-0.4, -0.2) is 36.8 Å². The molecule has 0 bridgehead atoms. The van der Waals surface area contributed by atoms with Crippen molar-refractivity contribution in [2.24, 2.45) is 0 Å². The third-order valence-electron chi connectivity index (χ3n) is 2.58. The fourth-order valence-corrected chi connectivity index (χ4v) is 1.86. The highest BCUT2D eigenvalue weighted by molar-refractivity contribution is 7.99. The SMILES string of the molecule is CSC(C)CNC1CCOC(C)C1. The van der Waals surface area contributed by atoms with Gasteiger partial charge in [0.1, 0.15) is 0 Å². The van der Waals surface area contributed by atoms with Crippen molar-refractivity contribution in [1.29, 1.82) is 0 Å². The van der Waals surface area contributed by atoms with E-state index < -0.39 is 0 Å². The molecule has 0 amide bonds. The zero-order valence-corrected chi connectivity index (χ0v) is 9.69. The average Bonchev–Trinajstić information content (AvgIpc) is 2.14. The molecular formula is C10H21NOS. The van der Waals surface area contributed by atoms with E-state index in [1.807, 2.05) is 11.8 Å². The van der Waals surface area contributed by atoms with Crippen LogP contribution in [0, 0.1) is 0 Å². The first-order valence-electron chi connectivity index (χ1n) is 5.10. The topological polar surface area (TPSA) is 21.3 Å². The summed E-state index contributed by atoms with van der Waals surface area (Å²) in [5.74, 6) is 0. The maximum atomic E-state index is 5.50. The minimum atomic E-state index is 0.441. The van der Waals surface area contributed by atoms with Gasteiger partial charge < -0.3 is 10.1 Å². The molecule has 1 aliphatic rings. The molecule has 3 unspecified atom stereocenters. The molecule has 3 heteroatoms. The van der Waals surface area contributed by atoms with Crippen molar-refractivity contribution in [3.63, 3.8) is 0 Å². The zero-order chi connectivity index (χ0) is 9.68. The molecule has 1 aliphatic heterocycles. The molecule has 3 atom stereocenters. The van der Waals surface area contributed by atoms with E-state index in [1.54, 1.807) is 0 Å². The van der Waals surface area contributed by atoms with Gasteiger partial charge in [0.05, 0.1) is 6.10 Å². The molecule has 0 aromatic rings. The van der Waals surface area contributed by atoms with Crippen molar-refractivity contribution in [2.75, 3.05) is 19.4 Å². The lowest BCUT2D eigenvalue weighted by atomic mass is 10.0. The molecular weight excluding hydrogens is 182 g/mol. The van der Waals surface area contributed by atoms with Gasteiger partial charge in [0.25, 0.3) is 0 Å². The molecule has 0 spiro atoms. The van der Waals surface area contributed by atoms with E-state index in [9.17, 15) is 0 Å². The highest BCUT2D eigenvalue weighted by Crippen LogP contribution is 2.13. The minimum absolute atomic E-state index is 0.441. The Morgan fingerprint density at radius 1 is 1.62 bits per heavy atom. The van der Waals surface area contributed by atoms with E-state index in [4.69, 9.17) is 4.74 Å². The quantitative estimate of drug-likeness (QED) is 0.754. The maximum Gasteiger partial charge on any atom is 0.0561 e. The Balaban J connectivity index is 2.13. The first-order chi connectivity index (χ1) is 6.22. The lowest BCUT2D eigenvalue weighted by Crippen LogP contribution is -2.40. The van der Waals surface area contributed by atoms with Gasteiger partial charge >= 0.3 is 0 Å². The number of hydrogen-bond donors (Lipinski definition) is 1. The Bertz CT molecular complexity index is 143. The van der Waals surface area contributed by atoms with Crippen molar-refractivity contribution >= 4 is 11.8 Å². The molecule has 13 heavy (non-hydrogen) atoms. The third kappa shape index (κ3) is 4.34. The standard InChI is InChI=1S/C10H21NOS/c1-8-6-10(4-5-12-8)11-7-9(2)13-3/h8-11H,4-7H2,1-3H3. The summed E-state index contributed by atoms with van der Waals surface area (Å²) in [5, 5.41) is 4.32. The lowest BCUT2D eigenvalue weighted by Gasteiger charge is -2.28. The normalized spacial score (nSPS) is 31.6. The summed E-state index contributed by atoms with van der Waals surface area (Å²) < 4.78 is 5.50. The van der Waals surface area contributed by atoms with Crippen LogP contribution >= 0.6 is 11.8 Å². The average molecular weight is 203 g/mol. The van der Waals surface area contributed by atoms with Gasteiger partial charge in [-0.15, -0.1) is 0 Å². The molecule has 0 saturated carbocycles. The summed E-state index contributed by atoms with van der Waals surface area (Å²) in [5.41, 5.74) is 0. The van der Waals surface area contributed by atoms with Crippen molar-refractivity contribution in [2.45, 2.75) is 44.1 Å². The van der Waals surface area contributed by atoms with E-state index in [1.165, 1.54) is 12.8 Å². The van der Waals surface area contributed by atoms with Crippen LogP contribution in [0.5, 0.6) is 0 Å². The van der Waals surface area contributed by atoms with Gasteiger partial charge in [0.2, 0.25) is 0 Å². The Morgan fingerprint density at radius 3 is 3.00 bits per heavy atom. The molecule has 2 nitrogen and oxygen atoms in total. The van der Waals surface area contributed by atoms with Crippen molar-refractivity contribution in [3.05, 3.63) is 0 Å². The van der Waals surface area contributed by atoms with Gasteiger partial charge in [-0.05, 0) is 26.0 Å². The van der Waals surface area contributed by atoms with E-state index in [0.717, 1.165) is 18.4 Å². The predicted molar refractivity (Wildman–Crippen MR) is 59.4 cm³/mol. The Labute approximate surface area is 85.8 Å². The number of ether oxygens (including phenoxy) is 1. The van der Waals surface area contributed by atoms with Gasteiger partial charge in [-0.25, -0.2) is 0 Å². The molecule has 0 aromatic carbocycles. The molecule has 1 fully saturated rings. The van der Waals surface area contributed by atoms with Gasteiger partial charge in [-0.2, -0.15) is 11.8 Å². The molecule has 78 valence electrons. The van der Waals surface area contributed by atoms with Crippen LogP contribution in [-0.2, 0) is 4.74 Å². The van der Waals surface area contributed by atoms with Crippen LogP contribution in [0.25, 0.3) is 0 Å². The fourth-order valence-electron chi connectivity index (χ4n) is 1.60. The summed E-state index contributed by atoms with van der Waals surface area (Å²) in [4.78, 5) is 0. The van der Waals surface area contributed by atoms with Crippen LogP contribution in [0.4, 0.5) is 0 Å². The van der Waals surface area contributed by atoms with E-state index in [-0.39, 0.29) is 0 Å². The molecule has 1 heterocycles. The molecule has 0 aromatic heterocycles. The van der Waals surface area contributed by atoms with Crippen LogP contribution in [0.2, 0.25) is 0 Å². The van der Waals surface area contributed by atoms with Gasteiger partial charge in [-0.1, -0.05) is 6.92 Å². The smallest absolute Gasteiger partial charge is 0.0561 e. The molecule has 1 rings (SSSR count). The summed E-state index contributed by atoms with van der Waals surface area (Å²) in [7, 11) is 0. The Hall–Kier alpha value is 0.270.